The van der Waals surface area contributed by atoms with Crippen LogP contribution in [0.3, 0.4) is 0 Å². The van der Waals surface area contributed by atoms with Crippen LogP contribution in [0, 0.1) is 17.3 Å². The zero-order valence-electron chi connectivity index (χ0n) is 12.3. The largest absolute Gasteiger partial charge is 0.481 e. The third-order valence-electron chi connectivity index (χ3n) is 4.15. The van der Waals surface area contributed by atoms with Crippen molar-refractivity contribution in [2.75, 3.05) is 6.54 Å². The summed E-state index contributed by atoms with van der Waals surface area (Å²) in [6.45, 7) is 5.77. The minimum absolute atomic E-state index is 0.0916. The number of carboxylic acids is 1. The van der Waals surface area contributed by atoms with Gasteiger partial charge in [-0.2, -0.15) is 0 Å². The van der Waals surface area contributed by atoms with E-state index in [1.807, 2.05) is 0 Å². The van der Waals surface area contributed by atoms with E-state index in [4.69, 9.17) is 9.84 Å². The van der Waals surface area contributed by atoms with Gasteiger partial charge in [-0.05, 0) is 45.4 Å². The van der Waals surface area contributed by atoms with Gasteiger partial charge in [-0.1, -0.05) is 12.2 Å². The highest BCUT2D eigenvalue weighted by Crippen LogP contribution is 2.57. The molecule has 1 saturated carbocycles. The summed E-state index contributed by atoms with van der Waals surface area (Å²) in [5.41, 5.74) is -0.889. The summed E-state index contributed by atoms with van der Waals surface area (Å²) in [6, 6.07) is 0. The van der Waals surface area contributed by atoms with Gasteiger partial charge in [0.05, 0.1) is 6.42 Å². The summed E-state index contributed by atoms with van der Waals surface area (Å²) in [6.07, 6.45) is 5.72. The number of fused-ring (bicyclic) bond motifs is 1. The Morgan fingerprint density at radius 3 is 2.70 bits per heavy atom. The molecule has 0 unspecified atom stereocenters. The maximum atomic E-state index is 11.7. The van der Waals surface area contributed by atoms with Gasteiger partial charge in [0.25, 0.3) is 0 Å². The van der Waals surface area contributed by atoms with Crippen molar-refractivity contribution in [3.63, 3.8) is 0 Å². The van der Waals surface area contributed by atoms with E-state index < -0.39 is 17.7 Å². The summed E-state index contributed by atoms with van der Waals surface area (Å²) in [5.74, 6) is 0.0121. The fraction of sp³-hybridized carbons (Fsp3) is 0.733. The van der Waals surface area contributed by atoms with E-state index in [0.717, 1.165) is 12.8 Å². The van der Waals surface area contributed by atoms with Gasteiger partial charge in [0.15, 0.2) is 0 Å². The number of carbonyl (C=O) groups is 2. The molecule has 0 spiro atoms. The van der Waals surface area contributed by atoms with Crippen LogP contribution >= 0.6 is 0 Å². The molecule has 0 saturated heterocycles. The Balaban J connectivity index is 1.94. The summed E-state index contributed by atoms with van der Waals surface area (Å²) in [4.78, 5) is 22.8. The molecule has 2 rings (SSSR count). The number of aliphatic carboxylic acids is 1. The molecule has 5 heteroatoms. The minimum atomic E-state index is -0.810. The molecule has 2 aliphatic carbocycles. The molecule has 0 aliphatic heterocycles. The Hall–Kier alpha value is -1.52. The number of alkyl carbamates (subject to hydrolysis) is 1. The van der Waals surface area contributed by atoms with Gasteiger partial charge in [0.1, 0.15) is 5.60 Å². The Morgan fingerprint density at radius 2 is 2.15 bits per heavy atom. The average Bonchev–Trinajstić information content (AvgIpc) is 2.64. The first-order valence-electron chi connectivity index (χ1n) is 7.07. The molecule has 0 aromatic heterocycles. The molecule has 0 bridgehead atoms. The molecule has 0 aromatic carbocycles. The third-order valence-corrected chi connectivity index (χ3v) is 4.15. The Morgan fingerprint density at radius 1 is 1.45 bits per heavy atom. The van der Waals surface area contributed by atoms with Crippen molar-refractivity contribution in [1.29, 1.82) is 0 Å². The van der Waals surface area contributed by atoms with Crippen LogP contribution in [0.15, 0.2) is 12.2 Å². The highest BCUT2D eigenvalue weighted by Gasteiger charge is 2.54. The van der Waals surface area contributed by atoms with Gasteiger partial charge in [-0.15, -0.1) is 0 Å². The molecule has 1 fully saturated rings. The second kappa shape index (κ2) is 5.11. The van der Waals surface area contributed by atoms with E-state index in [1.165, 1.54) is 0 Å². The smallest absolute Gasteiger partial charge is 0.407 e. The van der Waals surface area contributed by atoms with Crippen LogP contribution in [0.4, 0.5) is 4.79 Å². The molecule has 2 N–H and O–H groups in total. The lowest BCUT2D eigenvalue weighted by atomic mass is 9.53. The van der Waals surface area contributed by atoms with E-state index >= 15 is 0 Å². The minimum Gasteiger partial charge on any atom is -0.481 e. The maximum Gasteiger partial charge on any atom is 0.407 e. The normalized spacial score (nSPS) is 31.4. The summed E-state index contributed by atoms with van der Waals surface area (Å²) in [5, 5.41) is 11.9. The first kappa shape index (κ1) is 14.9. The van der Waals surface area contributed by atoms with Crippen LogP contribution in [0.5, 0.6) is 0 Å². The van der Waals surface area contributed by atoms with E-state index in [1.54, 1.807) is 20.8 Å². The number of nitrogens with one attached hydrogen (secondary N) is 1. The number of hydrogen-bond donors (Lipinski definition) is 2. The lowest BCUT2D eigenvalue weighted by Gasteiger charge is -2.51. The van der Waals surface area contributed by atoms with Crippen molar-refractivity contribution < 1.29 is 19.4 Å². The number of allylic oxidation sites excluding steroid dienone is 2. The van der Waals surface area contributed by atoms with Crippen LogP contribution in [0.1, 0.15) is 40.0 Å². The molecule has 2 aliphatic rings. The van der Waals surface area contributed by atoms with Crippen LogP contribution in [-0.4, -0.2) is 29.3 Å². The number of ether oxygens (including phenoxy) is 1. The Bertz CT molecular complexity index is 438. The number of amides is 1. The van der Waals surface area contributed by atoms with E-state index in [-0.39, 0.29) is 17.8 Å². The molecule has 0 aromatic rings. The summed E-state index contributed by atoms with van der Waals surface area (Å²) < 4.78 is 5.20. The van der Waals surface area contributed by atoms with Crippen LogP contribution in [0.2, 0.25) is 0 Å². The van der Waals surface area contributed by atoms with Gasteiger partial charge in [-0.25, -0.2) is 4.79 Å². The van der Waals surface area contributed by atoms with Gasteiger partial charge < -0.3 is 15.2 Å². The number of carboxylic acid groups (broad SMARTS) is 1. The molecule has 5 nitrogen and oxygen atoms in total. The molecule has 112 valence electrons. The van der Waals surface area contributed by atoms with Crippen molar-refractivity contribution in [3.05, 3.63) is 12.2 Å². The molecule has 1 amide bonds. The Labute approximate surface area is 119 Å². The predicted octanol–water partition coefficient (Wildman–Crippen LogP) is 2.57. The second-order valence-electron chi connectivity index (χ2n) is 6.94. The fourth-order valence-corrected chi connectivity index (χ4v) is 3.42. The number of rotatable bonds is 4. The van der Waals surface area contributed by atoms with Crippen LogP contribution in [0.25, 0.3) is 0 Å². The topological polar surface area (TPSA) is 75.6 Å². The van der Waals surface area contributed by atoms with E-state index in [0.29, 0.717) is 12.5 Å². The zero-order chi connectivity index (χ0) is 15.0. The molecule has 3 atom stereocenters. The molecule has 20 heavy (non-hydrogen) atoms. The molecule has 0 heterocycles. The fourth-order valence-electron chi connectivity index (χ4n) is 3.42. The third kappa shape index (κ3) is 3.14. The van der Waals surface area contributed by atoms with Crippen molar-refractivity contribution in [3.8, 4) is 0 Å². The lowest BCUT2D eigenvalue weighted by Crippen LogP contribution is -2.53. The first-order chi connectivity index (χ1) is 9.22. The molecule has 0 radical (unpaired) electrons. The van der Waals surface area contributed by atoms with Crippen LogP contribution in [-0.2, 0) is 9.53 Å². The highest BCUT2D eigenvalue weighted by molar-refractivity contribution is 5.70. The monoisotopic (exact) mass is 281 g/mol. The Kier molecular flexibility index (Phi) is 3.80. The highest BCUT2D eigenvalue weighted by atomic mass is 16.6. The van der Waals surface area contributed by atoms with Crippen molar-refractivity contribution in [1.82, 2.24) is 5.32 Å². The van der Waals surface area contributed by atoms with E-state index in [2.05, 4.69) is 17.5 Å². The first-order valence-corrected chi connectivity index (χ1v) is 7.07. The molecular weight excluding hydrogens is 258 g/mol. The van der Waals surface area contributed by atoms with Gasteiger partial charge in [0.2, 0.25) is 0 Å². The van der Waals surface area contributed by atoms with Crippen molar-refractivity contribution >= 4 is 12.1 Å². The van der Waals surface area contributed by atoms with Gasteiger partial charge >= 0.3 is 12.1 Å². The summed E-state index contributed by atoms with van der Waals surface area (Å²) >= 11 is 0. The lowest BCUT2D eigenvalue weighted by molar-refractivity contribution is -0.144. The van der Waals surface area contributed by atoms with Gasteiger partial charge in [-0.3, -0.25) is 4.79 Å². The van der Waals surface area contributed by atoms with E-state index in [9.17, 15) is 9.59 Å². The quantitative estimate of drug-likeness (QED) is 0.777. The molecular formula is C15H23NO4. The number of carbonyl (C=O) groups excluding carboxylic acids is 1. The predicted molar refractivity (Wildman–Crippen MR) is 74.3 cm³/mol. The SMILES string of the molecule is CC(C)(C)OC(=O)NC[C@]1(CC(=O)O)C[C@H]2CC=C[C@H]21. The zero-order valence-corrected chi connectivity index (χ0v) is 12.3. The summed E-state index contributed by atoms with van der Waals surface area (Å²) in [7, 11) is 0. The van der Waals surface area contributed by atoms with Crippen LogP contribution < -0.4 is 5.32 Å². The van der Waals surface area contributed by atoms with Crippen molar-refractivity contribution in [2.45, 2.75) is 45.6 Å². The van der Waals surface area contributed by atoms with Crippen molar-refractivity contribution in [2.24, 2.45) is 17.3 Å². The maximum absolute atomic E-state index is 11.7. The number of hydrogen-bond acceptors (Lipinski definition) is 3. The average molecular weight is 281 g/mol. The standard InChI is InChI=1S/C15H23NO4/c1-14(2,3)20-13(19)16-9-15(8-12(17)18)7-10-5-4-6-11(10)15/h4,6,10-11H,5,7-9H2,1-3H3,(H,16,19)(H,17,18)/t10-,11-,15-/m1/s1. The second-order valence-corrected chi connectivity index (χ2v) is 6.94. The van der Waals surface area contributed by atoms with Gasteiger partial charge in [0, 0.05) is 12.0 Å².